The maximum absolute atomic E-state index is 12.0. The van der Waals surface area contributed by atoms with Gasteiger partial charge in [0.1, 0.15) is 19.0 Å². The van der Waals surface area contributed by atoms with Gasteiger partial charge < -0.3 is 24.3 Å². The number of fused-ring (bicyclic) bond motifs is 1. The van der Waals surface area contributed by atoms with Gasteiger partial charge in [-0.15, -0.1) is 0 Å². The summed E-state index contributed by atoms with van der Waals surface area (Å²) in [5, 5.41) is 3.03. The van der Waals surface area contributed by atoms with Gasteiger partial charge in [0, 0.05) is 11.1 Å². The summed E-state index contributed by atoms with van der Waals surface area (Å²) in [7, 11) is 1.47. The summed E-state index contributed by atoms with van der Waals surface area (Å²) in [6.07, 6.45) is 2.80. The first-order chi connectivity index (χ1) is 13.5. The summed E-state index contributed by atoms with van der Waals surface area (Å²) in [6.45, 7) is 0.548. The number of hydrogen-bond acceptors (Lipinski definition) is 6. The highest BCUT2D eigenvalue weighted by molar-refractivity contribution is 6.31. The number of benzene rings is 2. The average molecular weight is 404 g/mol. The Bertz CT molecular complexity index is 912. The van der Waals surface area contributed by atoms with Crippen LogP contribution in [-0.4, -0.2) is 38.8 Å². The van der Waals surface area contributed by atoms with E-state index in [1.807, 2.05) is 0 Å². The van der Waals surface area contributed by atoms with Crippen LogP contribution in [0.3, 0.4) is 0 Å². The molecule has 1 amide bonds. The molecular formula is C20H18ClNO6. The molecule has 0 fully saturated rings. The second kappa shape index (κ2) is 9.14. The van der Waals surface area contributed by atoms with Gasteiger partial charge in [-0.2, -0.15) is 0 Å². The Morgan fingerprint density at radius 2 is 1.93 bits per heavy atom. The highest BCUT2D eigenvalue weighted by Gasteiger charge is 2.12. The molecule has 0 saturated carbocycles. The van der Waals surface area contributed by atoms with E-state index < -0.39 is 18.5 Å². The van der Waals surface area contributed by atoms with E-state index in [1.54, 1.807) is 42.5 Å². The summed E-state index contributed by atoms with van der Waals surface area (Å²) in [4.78, 5) is 23.8. The number of hydrogen-bond donors (Lipinski definition) is 1. The molecule has 1 heterocycles. The Morgan fingerprint density at radius 1 is 1.14 bits per heavy atom. The van der Waals surface area contributed by atoms with Gasteiger partial charge in [0.2, 0.25) is 0 Å². The van der Waals surface area contributed by atoms with Crippen molar-refractivity contribution in [3.8, 4) is 17.2 Å². The van der Waals surface area contributed by atoms with Gasteiger partial charge in [0.05, 0.1) is 12.8 Å². The van der Waals surface area contributed by atoms with Crippen molar-refractivity contribution in [2.24, 2.45) is 0 Å². The molecule has 1 aliphatic rings. The standard InChI is InChI=1S/C20H18ClNO6/c1-25-16-6-4-14(21)11-15(16)22-19(23)12-28-20(24)7-3-13-2-5-17-18(10-13)27-9-8-26-17/h2-7,10-11H,8-9,12H2,1H3,(H,22,23)/b7-3+. The number of ether oxygens (including phenoxy) is 4. The smallest absolute Gasteiger partial charge is 0.331 e. The zero-order chi connectivity index (χ0) is 19.9. The van der Waals surface area contributed by atoms with Crippen molar-refractivity contribution >= 4 is 35.2 Å². The molecule has 3 rings (SSSR count). The Kier molecular flexibility index (Phi) is 6.39. The van der Waals surface area contributed by atoms with Crippen molar-refractivity contribution in [2.45, 2.75) is 0 Å². The first-order valence-corrected chi connectivity index (χ1v) is 8.81. The second-order valence-corrected chi connectivity index (χ2v) is 6.17. The topological polar surface area (TPSA) is 83.1 Å². The molecule has 0 aromatic heterocycles. The first kappa shape index (κ1) is 19.6. The summed E-state index contributed by atoms with van der Waals surface area (Å²) in [5.41, 5.74) is 1.14. The van der Waals surface area contributed by atoms with Crippen molar-refractivity contribution in [2.75, 3.05) is 32.2 Å². The Morgan fingerprint density at radius 3 is 2.71 bits per heavy atom. The van der Waals surface area contributed by atoms with Crippen LogP contribution in [0.2, 0.25) is 5.02 Å². The Hall–Kier alpha value is -3.19. The molecule has 0 bridgehead atoms. The number of amides is 1. The van der Waals surface area contributed by atoms with Crippen LogP contribution in [-0.2, 0) is 14.3 Å². The first-order valence-electron chi connectivity index (χ1n) is 8.43. The lowest BCUT2D eigenvalue weighted by Crippen LogP contribution is -2.20. The van der Waals surface area contributed by atoms with E-state index in [-0.39, 0.29) is 0 Å². The van der Waals surface area contributed by atoms with Crippen LogP contribution in [0.5, 0.6) is 17.2 Å². The lowest BCUT2D eigenvalue weighted by atomic mass is 10.2. The molecule has 7 nitrogen and oxygen atoms in total. The van der Waals surface area contributed by atoms with Gasteiger partial charge >= 0.3 is 5.97 Å². The summed E-state index contributed by atoms with van der Waals surface area (Å²) >= 11 is 5.91. The molecule has 0 unspecified atom stereocenters. The molecule has 1 N–H and O–H groups in total. The van der Waals surface area contributed by atoms with Crippen LogP contribution in [0.15, 0.2) is 42.5 Å². The van der Waals surface area contributed by atoms with E-state index in [9.17, 15) is 9.59 Å². The molecule has 28 heavy (non-hydrogen) atoms. The lowest BCUT2D eigenvalue weighted by Gasteiger charge is -2.18. The third-order valence-electron chi connectivity index (χ3n) is 3.76. The van der Waals surface area contributed by atoms with Gasteiger partial charge in [-0.1, -0.05) is 17.7 Å². The molecule has 2 aromatic rings. The number of carbonyl (C=O) groups excluding carboxylic acids is 2. The number of carbonyl (C=O) groups is 2. The van der Waals surface area contributed by atoms with Gasteiger partial charge in [0.25, 0.3) is 5.91 Å². The van der Waals surface area contributed by atoms with Crippen LogP contribution < -0.4 is 19.5 Å². The second-order valence-electron chi connectivity index (χ2n) is 5.74. The fraction of sp³-hybridized carbons (Fsp3) is 0.200. The molecule has 146 valence electrons. The Balaban J connectivity index is 1.52. The fourth-order valence-electron chi connectivity index (χ4n) is 2.48. The van der Waals surface area contributed by atoms with Crippen molar-refractivity contribution < 1.29 is 28.5 Å². The van der Waals surface area contributed by atoms with Crippen LogP contribution in [0, 0.1) is 0 Å². The van der Waals surface area contributed by atoms with Crippen LogP contribution in [0.1, 0.15) is 5.56 Å². The highest BCUT2D eigenvalue weighted by Crippen LogP contribution is 2.31. The minimum atomic E-state index is -0.650. The maximum atomic E-state index is 12.0. The number of methoxy groups -OCH3 is 1. The monoisotopic (exact) mass is 403 g/mol. The SMILES string of the molecule is COc1ccc(Cl)cc1NC(=O)COC(=O)/C=C/c1ccc2c(c1)OCCO2. The third kappa shape index (κ3) is 5.17. The Labute approximate surface area is 166 Å². The highest BCUT2D eigenvalue weighted by atomic mass is 35.5. The zero-order valence-corrected chi connectivity index (χ0v) is 15.8. The minimum absolute atomic E-state index is 0.392. The number of anilines is 1. The summed E-state index contributed by atoms with van der Waals surface area (Å²) in [6, 6.07) is 10.1. The van der Waals surface area contributed by atoms with E-state index in [0.29, 0.717) is 41.2 Å². The normalized spacial score (nSPS) is 12.5. The molecule has 0 aliphatic carbocycles. The predicted molar refractivity (Wildman–Crippen MR) is 104 cm³/mol. The summed E-state index contributed by atoms with van der Waals surface area (Å²) in [5.74, 6) is 0.572. The maximum Gasteiger partial charge on any atom is 0.331 e. The van der Waals surface area contributed by atoms with Gasteiger partial charge in [-0.25, -0.2) is 4.79 Å². The van der Waals surface area contributed by atoms with E-state index >= 15 is 0 Å². The van der Waals surface area contributed by atoms with E-state index in [2.05, 4.69) is 5.32 Å². The predicted octanol–water partition coefficient (Wildman–Crippen LogP) is 3.31. The molecule has 0 radical (unpaired) electrons. The van der Waals surface area contributed by atoms with Crippen LogP contribution >= 0.6 is 11.6 Å². The van der Waals surface area contributed by atoms with Crippen molar-refractivity contribution in [3.05, 3.63) is 53.1 Å². The number of nitrogens with one attached hydrogen (secondary N) is 1. The van der Waals surface area contributed by atoms with Gasteiger partial charge in [-0.3, -0.25) is 4.79 Å². The minimum Gasteiger partial charge on any atom is -0.495 e. The molecular weight excluding hydrogens is 386 g/mol. The fourth-order valence-corrected chi connectivity index (χ4v) is 2.65. The molecule has 0 saturated heterocycles. The van der Waals surface area contributed by atoms with E-state index in [4.69, 9.17) is 30.5 Å². The third-order valence-corrected chi connectivity index (χ3v) is 3.99. The molecule has 0 spiro atoms. The molecule has 2 aromatic carbocycles. The van der Waals surface area contributed by atoms with E-state index in [0.717, 1.165) is 5.56 Å². The van der Waals surface area contributed by atoms with Crippen LogP contribution in [0.25, 0.3) is 6.08 Å². The number of halogens is 1. The molecule has 8 heteroatoms. The van der Waals surface area contributed by atoms with Gasteiger partial charge in [-0.05, 0) is 42.0 Å². The number of rotatable bonds is 6. The molecule has 1 aliphatic heterocycles. The van der Waals surface area contributed by atoms with Gasteiger partial charge in [0.15, 0.2) is 18.1 Å². The lowest BCUT2D eigenvalue weighted by molar-refractivity contribution is -0.142. The van der Waals surface area contributed by atoms with E-state index in [1.165, 1.54) is 13.2 Å². The summed E-state index contributed by atoms with van der Waals surface area (Å²) < 4.78 is 21.0. The molecule has 0 atom stereocenters. The quantitative estimate of drug-likeness (QED) is 0.588. The van der Waals surface area contributed by atoms with Crippen molar-refractivity contribution in [3.63, 3.8) is 0 Å². The number of esters is 1. The average Bonchev–Trinajstić information content (AvgIpc) is 2.70. The zero-order valence-electron chi connectivity index (χ0n) is 15.1. The van der Waals surface area contributed by atoms with Crippen LogP contribution in [0.4, 0.5) is 5.69 Å². The largest absolute Gasteiger partial charge is 0.495 e. The van der Waals surface area contributed by atoms with Crippen molar-refractivity contribution in [1.29, 1.82) is 0 Å². The van der Waals surface area contributed by atoms with Crippen molar-refractivity contribution in [1.82, 2.24) is 0 Å².